The topological polar surface area (TPSA) is 32.3 Å². The first-order chi connectivity index (χ1) is 7.46. The van der Waals surface area contributed by atoms with Crippen LogP contribution in [0.3, 0.4) is 0 Å². The van der Waals surface area contributed by atoms with E-state index in [-0.39, 0.29) is 5.54 Å². The summed E-state index contributed by atoms with van der Waals surface area (Å²) in [7, 11) is 0. The highest BCUT2D eigenvalue weighted by Gasteiger charge is 2.23. The highest BCUT2D eigenvalue weighted by atomic mass is 16.3. The molecule has 2 heteroatoms. The molecule has 1 unspecified atom stereocenters. The zero-order valence-corrected chi connectivity index (χ0v) is 10.4. The van der Waals surface area contributed by atoms with E-state index in [0.29, 0.717) is 11.8 Å². The molecule has 16 heavy (non-hydrogen) atoms. The lowest BCUT2D eigenvalue weighted by molar-refractivity contribution is 0.336. The lowest BCUT2D eigenvalue weighted by Crippen LogP contribution is -2.40. The fourth-order valence-electron chi connectivity index (χ4n) is 2.47. The first-order valence-electron chi connectivity index (χ1n) is 6.05. The van der Waals surface area contributed by atoms with Crippen LogP contribution in [-0.4, -0.2) is 10.6 Å². The maximum atomic E-state index is 9.49. The highest BCUT2D eigenvalue weighted by Crippen LogP contribution is 2.32. The standard InChI is InChI=1S/C14H21NO/c1-14(2,3)15-13-6-4-5-10-9-11(16)7-8-12(10)13/h7-9,13,15-16H,4-6H2,1-3H3. The van der Waals surface area contributed by atoms with Crippen LogP contribution >= 0.6 is 0 Å². The molecule has 0 bridgehead atoms. The maximum absolute atomic E-state index is 9.49. The van der Waals surface area contributed by atoms with Crippen LogP contribution in [0.2, 0.25) is 0 Å². The fourth-order valence-corrected chi connectivity index (χ4v) is 2.47. The van der Waals surface area contributed by atoms with Gasteiger partial charge in [-0.3, -0.25) is 0 Å². The molecule has 0 saturated heterocycles. The van der Waals surface area contributed by atoms with E-state index >= 15 is 0 Å². The predicted molar refractivity (Wildman–Crippen MR) is 66.7 cm³/mol. The molecule has 0 aromatic heterocycles. The van der Waals surface area contributed by atoms with Gasteiger partial charge in [-0.25, -0.2) is 0 Å². The van der Waals surface area contributed by atoms with Crippen molar-refractivity contribution in [2.24, 2.45) is 0 Å². The van der Waals surface area contributed by atoms with Gasteiger partial charge in [0.2, 0.25) is 0 Å². The molecule has 1 aromatic rings. The molecule has 0 spiro atoms. The second-order valence-electron chi connectivity index (χ2n) is 5.72. The van der Waals surface area contributed by atoms with E-state index in [2.05, 4.69) is 32.2 Å². The van der Waals surface area contributed by atoms with Crippen molar-refractivity contribution in [2.45, 2.75) is 51.6 Å². The molecule has 1 aliphatic rings. The van der Waals surface area contributed by atoms with Gasteiger partial charge >= 0.3 is 0 Å². The second-order valence-corrected chi connectivity index (χ2v) is 5.72. The van der Waals surface area contributed by atoms with Crippen molar-refractivity contribution in [1.82, 2.24) is 5.32 Å². The minimum Gasteiger partial charge on any atom is -0.508 e. The average molecular weight is 219 g/mol. The van der Waals surface area contributed by atoms with E-state index in [1.165, 1.54) is 24.0 Å². The Hall–Kier alpha value is -1.02. The molecule has 1 aliphatic carbocycles. The summed E-state index contributed by atoms with van der Waals surface area (Å²) in [4.78, 5) is 0. The molecule has 0 heterocycles. The molecule has 0 fully saturated rings. The summed E-state index contributed by atoms with van der Waals surface area (Å²) in [6.45, 7) is 6.59. The van der Waals surface area contributed by atoms with Gasteiger partial charge in [0.15, 0.2) is 0 Å². The Morgan fingerprint density at radius 2 is 2.06 bits per heavy atom. The summed E-state index contributed by atoms with van der Waals surface area (Å²) in [5.74, 6) is 0.384. The number of nitrogens with one attached hydrogen (secondary N) is 1. The lowest BCUT2D eigenvalue weighted by Gasteiger charge is -2.33. The summed E-state index contributed by atoms with van der Waals surface area (Å²) in [5, 5.41) is 13.1. The number of phenols is 1. The number of rotatable bonds is 1. The van der Waals surface area contributed by atoms with Gasteiger partial charge in [0.25, 0.3) is 0 Å². The molecule has 0 aliphatic heterocycles. The summed E-state index contributed by atoms with van der Waals surface area (Å²) in [6.07, 6.45) is 3.48. The molecule has 1 atom stereocenters. The summed E-state index contributed by atoms with van der Waals surface area (Å²) in [6, 6.07) is 6.20. The number of hydrogen-bond donors (Lipinski definition) is 2. The van der Waals surface area contributed by atoms with Crippen molar-refractivity contribution >= 4 is 0 Å². The molecule has 2 nitrogen and oxygen atoms in total. The van der Waals surface area contributed by atoms with Gasteiger partial charge < -0.3 is 10.4 Å². The monoisotopic (exact) mass is 219 g/mol. The quantitative estimate of drug-likeness (QED) is 0.760. The van der Waals surface area contributed by atoms with E-state index in [0.717, 1.165) is 6.42 Å². The molecular weight excluding hydrogens is 198 g/mol. The first-order valence-corrected chi connectivity index (χ1v) is 6.05. The van der Waals surface area contributed by atoms with Crippen molar-refractivity contribution < 1.29 is 5.11 Å². The van der Waals surface area contributed by atoms with Crippen LogP contribution in [0.4, 0.5) is 0 Å². The molecule has 0 amide bonds. The zero-order valence-electron chi connectivity index (χ0n) is 10.4. The summed E-state index contributed by atoms with van der Waals surface area (Å²) >= 11 is 0. The Balaban J connectivity index is 2.26. The van der Waals surface area contributed by atoms with Crippen molar-refractivity contribution in [2.75, 3.05) is 0 Å². The SMILES string of the molecule is CC(C)(C)NC1CCCc2cc(O)ccc21. The largest absolute Gasteiger partial charge is 0.508 e. The molecular formula is C14H21NO. The number of fused-ring (bicyclic) bond motifs is 1. The average Bonchev–Trinajstić information content (AvgIpc) is 2.15. The van der Waals surface area contributed by atoms with Crippen molar-refractivity contribution in [1.29, 1.82) is 0 Å². The van der Waals surface area contributed by atoms with E-state index < -0.39 is 0 Å². The van der Waals surface area contributed by atoms with Crippen LogP contribution in [0.1, 0.15) is 50.8 Å². The van der Waals surface area contributed by atoms with E-state index in [9.17, 15) is 5.11 Å². The number of phenolic OH excluding ortho intramolecular Hbond substituents is 1. The normalized spacial score (nSPS) is 20.6. The number of aryl methyl sites for hydroxylation is 1. The molecule has 1 aromatic carbocycles. The van der Waals surface area contributed by atoms with E-state index in [1.807, 2.05) is 6.07 Å². The van der Waals surface area contributed by atoms with Crippen molar-refractivity contribution in [3.05, 3.63) is 29.3 Å². The van der Waals surface area contributed by atoms with Crippen LogP contribution in [-0.2, 0) is 6.42 Å². The minimum absolute atomic E-state index is 0.136. The Labute approximate surface area is 97.7 Å². The lowest BCUT2D eigenvalue weighted by atomic mass is 9.86. The predicted octanol–water partition coefficient (Wildman–Crippen LogP) is 3.16. The van der Waals surface area contributed by atoms with E-state index in [1.54, 1.807) is 6.07 Å². The van der Waals surface area contributed by atoms with Crippen LogP contribution in [0.5, 0.6) is 5.75 Å². The molecule has 2 N–H and O–H groups in total. The fraction of sp³-hybridized carbons (Fsp3) is 0.571. The van der Waals surface area contributed by atoms with Gasteiger partial charge in [0, 0.05) is 11.6 Å². The van der Waals surface area contributed by atoms with Gasteiger partial charge in [0.1, 0.15) is 5.75 Å². The van der Waals surface area contributed by atoms with Crippen LogP contribution < -0.4 is 5.32 Å². The molecule has 2 rings (SSSR count). The third kappa shape index (κ3) is 2.56. The smallest absolute Gasteiger partial charge is 0.115 e. The minimum atomic E-state index is 0.136. The van der Waals surface area contributed by atoms with Crippen LogP contribution in [0, 0.1) is 0 Å². The van der Waals surface area contributed by atoms with E-state index in [4.69, 9.17) is 0 Å². The third-order valence-corrected chi connectivity index (χ3v) is 3.05. The Morgan fingerprint density at radius 3 is 2.75 bits per heavy atom. The maximum Gasteiger partial charge on any atom is 0.115 e. The first kappa shape index (κ1) is 11.5. The van der Waals surface area contributed by atoms with Gasteiger partial charge in [-0.2, -0.15) is 0 Å². The summed E-state index contributed by atoms with van der Waals surface area (Å²) < 4.78 is 0. The van der Waals surface area contributed by atoms with Gasteiger partial charge in [-0.1, -0.05) is 6.07 Å². The van der Waals surface area contributed by atoms with Crippen LogP contribution in [0.15, 0.2) is 18.2 Å². The molecule has 0 radical (unpaired) electrons. The summed E-state index contributed by atoms with van der Waals surface area (Å²) in [5.41, 5.74) is 2.80. The number of aromatic hydroxyl groups is 1. The highest BCUT2D eigenvalue weighted by molar-refractivity contribution is 5.38. The number of benzene rings is 1. The second kappa shape index (κ2) is 4.10. The zero-order chi connectivity index (χ0) is 11.8. The third-order valence-electron chi connectivity index (χ3n) is 3.05. The Morgan fingerprint density at radius 1 is 1.31 bits per heavy atom. The van der Waals surface area contributed by atoms with Crippen LogP contribution in [0.25, 0.3) is 0 Å². The van der Waals surface area contributed by atoms with Gasteiger partial charge in [-0.15, -0.1) is 0 Å². The van der Waals surface area contributed by atoms with Gasteiger partial charge in [-0.05, 0) is 63.3 Å². The van der Waals surface area contributed by atoms with Crippen molar-refractivity contribution in [3.63, 3.8) is 0 Å². The molecule has 88 valence electrons. The Kier molecular flexibility index (Phi) is 2.94. The molecule has 0 saturated carbocycles. The van der Waals surface area contributed by atoms with Crippen molar-refractivity contribution in [3.8, 4) is 5.75 Å². The number of hydrogen-bond acceptors (Lipinski definition) is 2. The van der Waals surface area contributed by atoms with Gasteiger partial charge in [0.05, 0.1) is 0 Å². The Bertz CT molecular complexity index is 379.